The van der Waals surface area contributed by atoms with Gasteiger partial charge in [0, 0.05) is 6.04 Å². The maximum absolute atomic E-state index is 6.28. The Labute approximate surface area is 118 Å². The second kappa shape index (κ2) is 7.06. The number of benzene rings is 1. The Kier molecular flexibility index (Phi) is 5.41. The Balaban J connectivity index is 1.83. The zero-order chi connectivity index (χ0) is 13.7. The molecule has 0 bridgehead atoms. The second-order valence-electron chi connectivity index (χ2n) is 5.74. The molecule has 2 heteroatoms. The van der Waals surface area contributed by atoms with Crippen LogP contribution in [0.1, 0.15) is 43.4 Å². The number of aryl methyl sites for hydroxylation is 2. The number of hydrogen-bond donors (Lipinski definition) is 1. The predicted molar refractivity (Wildman–Crippen MR) is 82.6 cm³/mol. The van der Waals surface area contributed by atoms with Crippen LogP contribution in [0.25, 0.3) is 0 Å². The van der Waals surface area contributed by atoms with E-state index in [-0.39, 0.29) is 0 Å². The topological polar surface area (TPSA) is 29.3 Å². The van der Waals surface area contributed by atoms with Crippen LogP contribution >= 0.6 is 0 Å². The molecule has 0 fully saturated rings. The lowest BCUT2D eigenvalue weighted by Crippen LogP contribution is -2.31. The molecule has 19 heavy (non-hydrogen) atoms. The van der Waals surface area contributed by atoms with Gasteiger partial charge in [-0.3, -0.25) is 0 Å². The van der Waals surface area contributed by atoms with Crippen LogP contribution in [0.5, 0.6) is 0 Å². The quantitative estimate of drug-likeness (QED) is 0.817. The number of fused-ring (bicyclic) bond motifs is 1. The number of nitrogens with zero attached hydrogens (tertiary/aromatic N) is 1. The van der Waals surface area contributed by atoms with Gasteiger partial charge in [0.05, 0.1) is 0 Å². The van der Waals surface area contributed by atoms with Gasteiger partial charge in [0.1, 0.15) is 0 Å². The number of hydrogen-bond acceptors (Lipinski definition) is 2. The molecule has 2 rings (SSSR count). The molecule has 1 unspecified atom stereocenters. The highest BCUT2D eigenvalue weighted by atomic mass is 15.1. The fraction of sp³-hybridized carbons (Fsp3) is 0.647. The summed E-state index contributed by atoms with van der Waals surface area (Å²) in [4.78, 5) is 2.45. The standard InChI is InChI=1S/C17H28N2/c1-3-19(4-2)11-10-17(18)13-14-8-9-15-6-5-7-16(15)12-14/h8-9,12,17H,3-7,10-11,13,18H2,1-2H3. The van der Waals surface area contributed by atoms with Gasteiger partial charge in [-0.15, -0.1) is 0 Å². The molecule has 0 aliphatic heterocycles. The van der Waals surface area contributed by atoms with Crippen molar-refractivity contribution < 1.29 is 0 Å². The zero-order valence-corrected chi connectivity index (χ0v) is 12.5. The van der Waals surface area contributed by atoms with Gasteiger partial charge in [-0.05, 0) is 68.4 Å². The van der Waals surface area contributed by atoms with Gasteiger partial charge in [0.25, 0.3) is 0 Å². The van der Waals surface area contributed by atoms with Crippen molar-refractivity contribution >= 4 is 0 Å². The van der Waals surface area contributed by atoms with Crippen LogP contribution in [0.15, 0.2) is 18.2 Å². The SMILES string of the molecule is CCN(CC)CCC(N)Cc1ccc2c(c1)CCC2. The van der Waals surface area contributed by atoms with E-state index in [0.717, 1.165) is 32.5 Å². The Morgan fingerprint density at radius 3 is 2.63 bits per heavy atom. The number of rotatable bonds is 7. The first-order valence-electron chi connectivity index (χ1n) is 7.81. The molecule has 1 aliphatic rings. The molecule has 1 aromatic carbocycles. The van der Waals surface area contributed by atoms with E-state index in [1.54, 1.807) is 11.1 Å². The largest absolute Gasteiger partial charge is 0.327 e. The van der Waals surface area contributed by atoms with Gasteiger partial charge in [-0.1, -0.05) is 32.0 Å². The predicted octanol–water partition coefficient (Wildman–Crippen LogP) is 2.78. The van der Waals surface area contributed by atoms with Crippen molar-refractivity contribution in [1.82, 2.24) is 4.90 Å². The lowest BCUT2D eigenvalue weighted by molar-refractivity contribution is 0.290. The molecule has 2 nitrogen and oxygen atoms in total. The van der Waals surface area contributed by atoms with E-state index in [4.69, 9.17) is 5.73 Å². The molecule has 0 aromatic heterocycles. The van der Waals surface area contributed by atoms with Gasteiger partial charge in [0.2, 0.25) is 0 Å². The molecule has 0 spiro atoms. The maximum atomic E-state index is 6.28. The van der Waals surface area contributed by atoms with Crippen LogP contribution in [0.4, 0.5) is 0 Å². The fourth-order valence-corrected chi connectivity index (χ4v) is 3.05. The molecule has 0 amide bonds. The minimum absolute atomic E-state index is 0.292. The molecule has 1 aliphatic carbocycles. The molecule has 0 saturated heterocycles. The van der Waals surface area contributed by atoms with Crippen LogP contribution in [0.2, 0.25) is 0 Å². The minimum atomic E-state index is 0.292. The average Bonchev–Trinajstić information content (AvgIpc) is 2.87. The molecular formula is C17H28N2. The van der Waals surface area contributed by atoms with Crippen molar-refractivity contribution in [3.8, 4) is 0 Å². The summed E-state index contributed by atoms with van der Waals surface area (Å²) in [5.74, 6) is 0. The van der Waals surface area contributed by atoms with E-state index < -0.39 is 0 Å². The van der Waals surface area contributed by atoms with Crippen molar-refractivity contribution in [2.24, 2.45) is 5.73 Å². The van der Waals surface area contributed by atoms with Crippen LogP contribution in [0.3, 0.4) is 0 Å². The van der Waals surface area contributed by atoms with Gasteiger partial charge in [-0.2, -0.15) is 0 Å². The van der Waals surface area contributed by atoms with E-state index in [9.17, 15) is 0 Å². The molecule has 0 heterocycles. The normalized spacial score (nSPS) is 15.8. The summed E-state index contributed by atoms with van der Waals surface area (Å²) in [7, 11) is 0. The van der Waals surface area contributed by atoms with E-state index in [2.05, 4.69) is 36.9 Å². The monoisotopic (exact) mass is 260 g/mol. The first-order valence-corrected chi connectivity index (χ1v) is 7.81. The Hall–Kier alpha value is -0.860. The highest BCUT2D eigenvalue weighted by molar-refractivity contribution is 5.35. The Morgan fingerprint density at radius 1 is 1.16 bits per heavy atom. The van der Waals surface area contributed by atoms with E-state index >= 15 is 0 Å². The molecule has 0 saturated carbocycles. The third-order valence-electron chi connectivity index (χ3n) is 4.37. The summed E-state index contributed by atoms with van der Waals surface area (Å²) in [6.07, 6.45) is 5.97. The fourth-order valence-electron chi connectivity index (χ4n) is 3.05. The van der Waals surface area contributed by atoms with Crippen LogP contribution in [0, 0.1) is 0 Å². The second-order valence-corrected chi connectivity index (χ2v) is 5.74. The minimum Gasteiger partial charge on any atom is -0.327 e. The van der Waals surface area contributed by atoms with Crippen molar-refractivity contribution in [2.75, 3.05) is 19.6 Å². The lowest BCUT2D eigenvalue weighted by Gasteiger charge is -2.20. The molecular weight excluding hydrogens is 232 g/mol. The van der Waals surface area contributed by atoms with Gasteiger partial charge < -0.3 is 10.6 Å². The van der Waals surface area contributed by atoms with Crippen molar-refractivity contribution in [3.05, 3.63) is 34.9 Å². The Morgan fingerprint density at radius 2 is 1.89 bits per heavy atom. The highest BCUT2D eigenvalue weighted by Gasteiger charge is 2.12. The summed E-state index contributed by atoms with van der Waals surface area (Å²) in [5.41, 5.74) is 10.8. The van der Waals surface area contributed by atoms with E-state index in [1.165, 1.54) is 24.8 Å². The van der Waals surface area contributed by atoms with Crippen LogP contribution < -0.4 is 5.73 Å². The molecule has 1 aromatic rings. The van der Waals surface area contributed by atoms with E-state index in [1.807, 2.05) is 0 Å². The van der Waals surface area contributed by atoms with Crippen LogP contribution in [-0.4, -0.2) is 30.6 Å². The third kappa shape index (κ3) is 4.05. The van der Waals surface area contributed by atoms with Crippen molar-refractivity contribution in [1.29, 1.82) is 0 Å². The first kappa shape index (κ1) is 14.5. The molecule has 1 atom stereocenters. The molecule has 106 valence electrons. The number of nitrogens with two attached hydrogens (primary N) is 1. The summed E-state index contributed by atoms with van der Waals surface area (Å²) in [5, 5.41) is 0. The maximum Gasteiger partial charge on any atom is 0.00914 e. The van der Waals surface area contributed by atoms with Gasteiger partial charge >= 0.3 is 0 Å². The molecule has 2 N–H and O–H groups in total. The van der Waals surface area contributed by atoms with E-state index in [0.29, 0.717) is 6.04 Å². The van der Waals surface area contributed by atoms with Crippen molar-refractivity contribution in [2.45, 2.75) is 52.0 Å². The summed E-state index contributed by atoms with van der Waals surface area (Å²) in [6.45, 7) is 7.81. The highest BCUT2D eigenvalue weighted by Crippen LogP contribution is 2.23. The Bertz CT molecular complexity index is 396. The summed E-state index contributed by atoms with van der Waals surface area (Å²) >= 11 is 0. The van der Waals surface area contributed by atoms with Gasteiger partial charge in [-0.25, -0.2) is 0 Å². The molecule has 0 radical (unpaired) electrons. The summed E-state index contributed by atoms with van der Waals surface area (Å²) in [6, 6.07) is 7.27. The van der Waals surface area contributed by atoms with Crippen molar-refractivity contribution in [3.63, 3.8) is 0 Å². The lowest BCUT2D eigenvalue weighted by atomic mass is 10.00. The first-order chi connectivity index (χ1) is 9.22. The zero-order valence-electron chi connectivity index (χ0n) is 12.5. The summed E-state index contributed by atoms with van der Waals surface area (Å²) < 4.78 is 0. The van der Waals surface area contributed by atoms with Gasteiger partial charge in [0.15, 0.2) is 0 Å². The van der Waals surface area contributed by atoms with Crippen LogP contribution in [-0.2, 0) is 19.3 Å². The average molecular weight is 260 g/mol. The smallest absolute Gasteiger partial charge is 0.00914 e. The third-order valence-corrected chi connectivity index (χ3v) is 4.37.